The molecule has 1 N–H and O–H groups in total. The lowest BCUT2D eigenvalue weighted by atomic mass is 10.0. The van der Waals surface area contributed by atoms with Crippen molar-refractivity contribution in [2.24, 2.45) is 0 Å². The summed E-state index contributed by atoms with van der Waals surface area (Å²) in [7, 11) is -3.59. The first kappa shape index (κ1) is 16.3. The van der Waals surface area contributed by atoms with Gasteiger partial charge in [-0.2, -0.15) is 4.31 Å². The number of halogens is 1. The van der Waals surface area contributed by atoms with Crippen LogP contribution in [0, 0.1) is 0 Å². The Morgan fingerprint density at radius 2 is 1.95 bits per heavy atom. The van der Waals surface area contributed by atoms with Crippen molar-refractivity contribution in [1.82, 2.24) is 4.31 Å². The Morgan fingerprint density at radius 1 is 1.29 bits per heavy atom. The largest absolute Gasteiger partial charge is 0.481 e. The van der Waals surface area contributed by atoms with E-state index in [1.165, 1.54) is 16.4 Å². The number of benzene rings is 1. The Labute approximate surface area is 129 Å². The molecule has 0 aliphatic carbocycles. The molecule has 1 heterocycles. The standard InChI is InChI=1S/C14H18ClNO4S/c15-11-4-7-13(8-5-11)21(19,20)16-10-2-1-3-12(16)6-9-14(17)18/h4-5,7-8,12H,1-3,6,9-10H2,(H,17,18). The number of piperidine rings is 1. The molecular formula is C14H18ClNO4S. The minimum atomic E-state index is -3.59. The van der Waals surface area contributed by atoms with Gasteiger partial charge < -0.3 is 5.11 Å². The fourth-order valence-corrected chi connectivity index (χ4v) is 4.46. The average Bonchev–Trinajstić information content (AvgIpc) is 2.46. The highest BCUT2D eigenvalue weighted by molar-refractivity contribution is 7.89. The van der Waals surface area contributed by atoms with E-state index >= 15 is 0 Å². The highest BCUT2D eigenvalue weighted by atomic mass is 35.5. The number of hydrogen-bond donors (Lipinski definition) is 1. The number of aliphatic carboxylic acids is 1. The molecule has 0 radical (unpaired) electrons. The third kappa shape index (κ3) is 3.96. The number of rotatable bonds is 5. The Kier molecular flexibility index (Phi) is 5.24. The maximum Gasteiger partial charge on any atom is 0.303 e. The van der Waals surface area contributed by atoms with Crippen LogP contribution in [0.4, 0.5) is 0 Å². The summed E-state index contributed by atoms with van der Waals surface area (Å²) in [5.74, 6) is -0.899. The first-order valence-electron chi connectivity index (χ1n) is 6.90. The van der Waals surface area contributed by atoms with Gasteiger partial charge in [-0.05, 0) is 43.5 Å². The quantitative estimate of drug-likeness (QED) is 0.900. The molecule has 1 aromatic rings. The van der Waals surface area contributed by atoms with Crippen molar-refractivity contribution in [1.29, 1.82) is 0 Å². The second kappa shape index (κ2) is 6.77. The van der Waals surface area contributed by atoms with E-state index in [0.29, 0.717) is 24.4 Å². The summed E-state index contributed by atoms with van der Waals surface area (Å²) in [6, 6.07) is 5.83. The fourth-order valence-electron chi connectivity index (χ4n) is 2.61. The second-order valence-corrected chi connectivity index (χ2v) is 7.48. The van der Waals surface area contributed by atoms with Crippen LogP contribution in [0.2, 0.25) is 5.02 Å². The average molecular weight is 332 g/mol. The predicted octanol–water partition coefficient (Wildman–Crippen LogP) is 2.75. The van der Waals surface area contributed by atoms with Crippen molar-refractivity contribution < 1.29 is 18.3 Å². The van der Waals surface area contributed by atoms with Gasteiger partial charge in [-0.3, -0.25) is 4.79 Å². The molecule has 5 nitrogen and oxygen atoms in total. The van der Waals surface area contributed by atoms with Crippen LogP contribution in [0.3, 0.4) is 0 Å². The van der Waals surface area contributed by atoms with E-state index in [-0.39, 0.29) is 17.4 Å². The lowest BCUT2D eigenvalue weighted by Gasteiger charge is -2.34. The van der Waals surface area contributed by atoms with Crippen LogP contribution in [0.25, 0.3) is 0 Å². The summed E-state index contributed by atoms with van der Waals surface area (Å²) in [5, 5.41) is 9.28. The van der Waals surface area contributed by atoms with E-state index < -0.39 is 16.0 Å². The first-order chi connectivity index (χ1) is 9.91. The van der Waals surface area contributed by atoms with Gasteiger partial charge in [0.2, 0.25) is 10.0 Å². The number of sulfonamides is 1. The van der Waals surface area contributed by atoms with Gasteiger partial charge in [-0.1, -0.05) is 18.0 Å². The minimum absolute atomic E-state index is 0.0166. The molecule has 116 valence electrons. The summed E-state index contributed by atoms with van der Waals surface area (Å²) >= 11 is 5.79. The van der Waals surface area contributed by atoms with E-state index in [2.05, 4.69) is 0 Å². The lowest BCUT2D eigenvalue weighted by molar-refractivity contribution is -0.137. The van der Waals surface area contributed by atoms with E-state index in [9.17, 15) is 13.2 Å². The van der Waals surface area contributed by atoms with Gasteiger partial charge in [0, 0.05) is 24.0 Å². The molecule has 0 spiro atoms. The topological polar surface area (TPSA) is 74.7 Å². The first-order valence-corrected chi connectivity index (χ1v) is 8.72. The summed E-state index contributed by atoms with van der Waals surface area (Å²) in [6.07, 6.45) is 2.77. The third-order valence-electron chi connectivity index (χ3n) is 3.68. The number of hydrogen-bond acceptors (Lipinski definition) is 3. The summed E-state index contributed by atoms with van der Waals surface area (Å²) in [4.78, 5) is 10.9. The Morgan fingerprint density at radius 3 is 2.57 bits per heavy atom. The smallest absolute Gasteiger partial charge is 0.303 e. The second-order valence-electron chi connectivity index (χ2n) is 5.15. The summed E-state index contributed by atoms with van der Waals surface area (Å²) in [5.41, 5.74) is 0. The van der Waals surface area contributed by atoms with Crippen molar-refractivity contribution in [3.63, 3.8) is 0 Å². The molecule has 21 heavy (non-hydrogen) atoms. The van der Waals surface area contributed by atoms with Crippen molar-refractivity contribution in [3.8, 4) is 0 Å². The Bertz CT molecular complexity index is 600. The van der Waals surface area contributed by atoms with Gasteiger partial charge in [-0.25, -0.2) is 8.42 Å². The van der Waals surface area contributed by atoms with Crippen molar-refractivity contribution in [2.45, 2.75) is 43.0 Å². The molecule has 1 aliphatic heterocycles. The predicted molar refractivity (Wildman–Crippen MR) is 79.9 cm³/mol. The third-order valence-corrected chi connectivity index (χ3v) is 5.90. The molecule has 0 bridgehead atoms. The maximum atomic E-state index is 12.7. The molecule has 0 aromatic heterocycles. The minimum Gasteiger partial charge on any atom is -0.481 e. The molecule has 1 atom stereocenters. The highest BCUT2D eigenvalue weighted by Gasteiger charge is 2.33. The molecule has 0 amide bonds. The summed E-state index contributed by atoms with van der Waals surface area (Å²) < 4.78 is 26.8. The highest BCUT2D eigenvalue weighted by Crippen LogP contribution is 2.28. The fraction of sp³-hybridized carbons (Fsp3) is 0.500. The molecular weight excluding hydrogens is 314 g/mol. The van der Waals surface area contributed by atoms with Crippen molar-refractivity contribution in [2.75, 3.05) is 6.54 Å². The zero-order valence-electron chi connectivity index (χ0n) is 11.5. The molecule has 1 unspecified atom stereocenters. The Balaban J connectivity index is 2.22. The van der Waals surface area contributed by atoms with Crippen LogP contribution < -0.4 is 0 Å². The van der Waals surface area contributed by atoms with E-state index in [0.717, 1.165) is 12.8 Å². The lowest BCUT2D eigenvalue weighted by Crippen LogP contribution is -2.43. The zero-order chi connectivity index (χ0) is 15.5. The van der Waals surface area contributed by atoms with Gasteiger partial charge in [0.05, 0.1) is 4.90 Å². The van der Waals surface area contributed by atoms with Gasteiger partial charge >= 0.3 is 5.97 Å². The number of carboxylic acids is 1. The van der Waals surface area contributed by atoms with Gasteiger partial charge in [0.15, 0.2) is 0 Å². The van der Waals surface area contributed by atoms with Gasteiger partial charge in [0.1, 0.15) is 0 Å². The maximum absolute atomic E-state index is 12.7. The monoisotopic (exact) mass is 331 g/mol. The Hall–Kier alpha value is -1.11. The molecule has 0 saturated carbocycles. The molecule has 7 heteroatoms. The number of carboxylic acid groups (broad SMARTS) is 1. The molecule has 2 rings (SSSR count). The number of nitrogens with zero attached hydrogens (tertiary/aromatic N) is 1. The zero-order valence-corrected chi connectivity index (χ0v) is 13.1. The van der Waals surface area contributed by atoms with E-state index in [1.807, 2.05) is 0 Å². The van der Waals surface area contributed by atoms with Crippen LogP contribution in [-0.4, -0.2) is 36.4 Å². The molecule has 1 aliphatic rings. The van der Waals surface area contributed by atoms with E-state index in [4.69, 9.17) is 16.7 Å². The van der Waals surface area contributed by atoms with Crippen LogP contribution >= 0.6 is 11.6 Å². The number of carbonyl (C=O) groups is 1. The van der Waals surface area contributed by atoms with Crippen molar-refractivity contribution in [3.05, 3.63) is 29.3 Å². The van der Waals surface area contributed by atoms with Gasteiger partial charge in [0.25, 0.3) is 0 Å². The van der Waals surface area contributed by atoms with Crippen molar-refractivity contribution >= 4 is 27.6 Å². The molecule has 1 fully saturated rings. The SMILES string of the molecule is O=C(O)CCC1CCCCN1S(=O)(=O)c1ccc(Cl)cc1. The molecule has 1 saturated heterocycles. The van der Waals surface area contributed by atoms with Crippen LogP contribution in [0.15, 0.2) is 29.2 Å². The molecule has 1 aromatic carbocycles. The van der Waals surface area contributed by atoms with Crippen LogP contribution in [-0.2, 0) is 14.8 Å². The van der Waals surface area contributed by atoms with E-state index in [1.54, 1.807) is 12.1 Å². The summed E-state index contributed by atoms with van der Waals surface area (Å²) in [6.45, 7) is 0.440. The van der Waals surface area contributed by atoms with Gasteiger partial charge in [-0.15, -0.1) is 0 Å². The normalized spacial score (nSPS) is 20.3. The van der Waals surface area contributed by atoms with Crippen LogP contribution in [0.5, 0.6) is 0 Å². The van der Waals surface area contributed by atoms with Crippen LogP contribution in [0.1, 0.15) is 32.1 Å².